The molecule has 0 radical (unpaired) electrons. The Bertz CT molecular complexity index is 130. The highest BCUT2D eigenvalue weighted by Crippen LogP contribution is 1.99. The van der Waals surface area contributed by atoms with Gasteiger partial charge >= 0.3 is 0 Å². The summed E-state index contributed by atoms with van der Waals surface area (Å²) in [4.78, 5) is 6.36. The van der Waals surface area contributed by atoms with Gasteiger partial charge in [0.15, 0.2) is 0 Å². The minimum Gasteiger partial charge on any atom is -0.386 e. The third-order valence-electron chi connectivity index (χ3n) is 1.39. The highest BCUT2D eigenvalue weighted by atomic mass is 15.2. The zero-order chi connectivity index (χ0) is 6.85. The predicted molar refractivity (Wildman–Crippen MR) is 38.6 cm³/mol. The van der Waals surface area contributed by atoms with Crippen molar-refractivity contribution >= 4 is 5.84 Å². The van der Waals surface area contributed by atoms with E-state index in [1.807, 2.05) is 0 Å². The number of amidine groups is 1. The molecule has 0 aromatic rings. The topological polar surface area (TPSA) is 41.6 Å². The Morgan fingerprint density at radius 1 is 1.78 bits per heavy atom. The summed E-state index contributed by atoms with van der Waals surface area (Å²) in [6.45, 7) is 3.92. The zero-order valence-corrected chi connectivity index (χ0v) is 5.96. The summed E-state index contributed by atoms with van der Waals surface area (Å²) < 4.78 is 0. The van der Waals surface area contributed by atoms with Crippen molar-refractivity contribution in [2.45, 2.75) is 13.0 Å². The first kappa shape index (κ1) is 6.55. The molecule has 2 N–H and O–H groups in total. The average molecular weight is 127 g/mol. The van der Waals surface area contributed by atoms with Gasteiger partial charge in [0.05, 0.1) is 12.6 Å². The monoisotopic (exact) mass is 127 g/mol. The Morgan fingerprint density at radius 2 is 2.44 bits per heavy atom. The number of nitrogens with two attached hydrogens (primary N) is 1. The number of rotatable bonds is 0. The largest absolute Gasteiger partial charge is 0.386 e. The molecule has 0 spiro atoms. The Balaban J connectivity index is 2.56. The second kappa shape index (κ2) is 2.35. The van der Waals surface area contributed by atoms with Gasteiger partial charge in [-0.2, -0.15) is 0 Å². The maximum Gasteiger partial charge on any atom is 0.108 e. The van der Waals surface area contributed by atoms with Gasteiger partial charge in [-0.3, -0.25) is 9.89 Å². The van der Waals surface area contributed by atoms with E-state index in [0.717, 1.165) is 18.9 Å². The molecule has 0 unspecified atom stereocenters. The first-order valence-electron chi connectivity index (χ1n) is 3.19. The summed E-state index contributed by atoms with van der Waals surface area (Å²) in [5.74, 6) is 0.760. The summed E-state index contributed by atoms with van der Waals surface area (Å²) >= 11 is 0. The van der Waals surface area contributed by atoms with E-state index in [1.54, 1.807) is 0 Å². The fourth-order valence-corrected chi connectivity index (χ4v) is 1.16. The molecule has 3 heteroatoms. The molecule has 1 rings (SSSR count). The van der Waals surface area contributed by atoms with Crippen LogP contribution in [0.25, 0.3) is 0 Å². The van der Waals surface area contributed by atoms with Gasteiger partial charge in [0.2, 0.25) is 0 Å². The van der Waals surface area contributed by atoms with Gasteiger partial charge in [0, 0.05) is 6.54 Å². The Morgan fingerprint density at radius 3 is 2.89 bits per heavy atom. The lowest BCUT2D eigenvalue weighted by Gasteiger charge is -2.23. The summed E-state index contributed by atoms with van der Waals surface area (Å²) in [5, 5.41) is 0. The van der Waals surface area contributed by atoms with Crippen molar-refractivity contribution in [3.63, 3.8) is 0 Å². The molecular formula is C6H13N3. The number of hydrogen-bond donors (Lipinski definition) is 1. The number of aliphatic imine (C=N–C) groups is 1. The summed E-state index contributed by atoms with van der Waals surface area (Å²) in [5.41, 5.74) is 5.52. The first-order valence-corrected chi connectivity index (χ1v) is 3.19. The van der Waals surface area contributed by atoms with Gasteiger partial charge in [0.1, 0.15) is 5.84 Å². The molecule has 0 bridgehead atoms. The molecule has 1 atom stereocenters. The molecule has 0 fully saturated rings. The maximum absolute atomic E-state index is 5.52. The van der Waals surface area contributed by atoms with Crippen LogP contribution in [0.15, 0.2) is 4.99 Å². The van der Waals surface area contributed by atoms with Crippen molar-refractivity contribution in [1.29, 1.82) is 0 Å². The first-order chi connectivity index (χ1) is 4.18. The van der Waals surface area contributed by atoms with Crippen LogP contribution in [-0.2, 0) is 0 Å². The normalized spacial score (nSPS) is 30.0. The predicted octanol–water partition coefficient (Wildman–Crippen LogP) is -0.322. The van der Waals surface area contributed by atoms with Gasteiger partial charge in [-0.25, -0.2) is 0 Å². The lowest BCUT2D eigenvalue weighted by Crippen LogP contribution is -2.40. The van der Waals surface area contributed by atoms with Crippen LogP contribution < -0.4 is 5.73 Å². The third kappa shape index (κ3) is 1.68. The lowest BCUT2D eigenvalue weighted by atomic mass is 10.3. The van der Waals surface area contributed by atoms with Crippen molar-refractivity contribution in [3.05, 3.63) is 0 Å². The van der Waals surface area contributed by atoms with Crippen LogP contribution in [0.2, 0.25) is 0 Å². The van der Waals surface area contributed by atoms with Crippen LogP contribution in [0.5, 0.6) is 0 Å². The molecule has 0 amide bonds. The molecule has 9 heavy (non-hydrogen) atoms. The van der Waals surface area contributed by atoms with Crippen molar-refractivity contribution in [3.8, 4) is 0 Å². The molecular weight excluding hydrogens is 114 g/mol. The minimum atomic E-state index is 0.378. The van der Waals surface area contributed by atoms with Gasteiger partial charge < -0.3 is 5.73 Å². The lowest BCUT2D eigenvalue weighted by molar-refractivity contribution is 0.341. The van der Waals surface area contributed by atoms with Gasteiger partial charge in [-0.1, -0.05) is 0 Å². The van der Waals surface area contributed by atoms with Crippen LogP contribution in [0.4, 0.5) is 0 Å². The van der Waals surface area contributed by atoms with Crippen molar-refractivity contribution in [2.24, 2.45) is 10.7 Å². The van der Waals surface area contributed by atoms with Crippen molar-refractivity contribution in [1.82, 2.24) is 4.90 Å². The van der Waals surface area contributed by atoms with E-state index in [9.17, 15) is 0 Å². The van der Waals surface area contributed by atoms with E-state index in [0.29, 0.717) is 6.04 Å². The molecule has 0 aromatic heterocycles. The molecule has 52 valence electrons. The van der Waals surface area contributed by atoms with Crippen molar-refractivity contribution < 1.29 is 0 Å². The van der Waals surface area contributed by atoms with Crippen LogP contribution >= 0.6 is 0 Å². The average Bonchev–Trinajstić information content (AvgIpc) is 1.59. The molecule has 1 aliphatic rings. The fourth-order valence-electron chi connectivity index (χ4n) is 1.16. The zero-order valence-electron chi connectivity index (χ0n) is 5.96. The van der Waals surface area contributed by atoms with E-state index in [1.165, 1.54) is 0 Å². The summed E-state index contributed by atoms with van der Waals surface area (Å²) in [6.07, 6.45) is 0. The molecule has 0 saturated carbocycles. The Hall–Kier alpha value is -0.570. The highest BCUT2D eigenvalue weighted by Gasteiger charge is 2.11. The van der Waals surface area contributed by atoms with E-state index in [4.69, 9.17) is 5.73 Å². The van der Waals surface area contributed by atoms with Gasteiger partial charge in [-0.15, -0.1) is 0 Å². The quantitative estimate of drug-likeness (QED) is 0.484. The molecule has 1 aliphatic heterocycles. The van der Waals surface area contributed by atoms with Gasteiger partial charge in [0.25, 0.3) is 0 Å². The third-order valence-corrected chi connectivity index (χ3v) is 1.39. The number of nitrogens with zero attached hydrogens (tertiary/aromatic N) is 2. The molecule has 1 heterocycles. The second-order valence-electron chi connectivity index (χ2n) is 2.67. The second-order valence-corrected chi connectivity index (χ2v) is 2.67. The highest BCUT2D eigenvalue weighted by molar-refractivity contribution is 5.83. The molecule has 0 aliphatic carbocycles. The van der Waals surface area contributed by atoms with Crippen molar-refractivity contribution in [2.75, 3.05) is 20.1 Å². The van der Waals surface area contributed by atoms with E-state index < -0.39 is 0 Å². The molecule has 3 nitrogen and oxygen atoms in total. The summed E-state index contributed by atoms with van der Waals surface area (Å²) in [7, 11) is 2.05. The van der Waals surface area contributed by atoms with Crippen LogP contribution in [0.3, 0.4) is 0 Å². The van der Waals surface area contributed by atoms with E-state index in [-0.39, 0.29) is 0 Å². The smallest absolute Gasteiger partial charge is 0.108 e. The summed E-state index contributed by atoms with van der Waals surface area (Å²) in [6, 6.07) is 0.378. The van der Waals surface area contributed by atoms with Gasteiger partial charge in [-0.05, 0) is 14.0 Å². The maximum atomic E-state index is 5.52. The van der Waals surface area contributed by atoms with E-state index >= 15 is 0 Å². The fraction of sp³-hybridized carbons (Fsp3) is 0.833. The minimum absolute atomic E-state index is 0.378. The Labute approximate surface area is 55.6 Å². The SMILES string of the molecule is C[C@@H]1CN(C)CC(N)=N1. The number of likely N-dealkylation sites (N-methyl/N-ethyl adjacent to an activating group) is 1. The standard InChI is InChI=1S/C6H13N3/c1-5-3-9(2)4-6(7)8-5/h5H,3-4H2,1-2H3,(H2,7,8)/t5-/m1/s1. The Kier molecular flexibility index (Phi) is 1.71. The van der Waals surface area contributed by atoms with Crippen LogP contribution in [0.1, 0.15) is 6.92 Å². The van der Waals surface area contributed by atoms with Crippen LogP contribution in [-0.4, -0.2) is 36.9 Å². The van der Waals surface area contributed by atoms with Crippen LogP contribution in [0, 0.1) is 0 Å². The number of hydrogen-bond acceptors (Lipinski definition) is 3. The molecule has 0 aromatic carbocycles. The van der Waals surface area contributed by atoms with E-state index in [2.05, 4.69) is 23.9 Å². The molecule has 0 saturated heterocycles.